The van der Waals surface area contributed by atoms with Crippen molar-refractivity contribution in [2.24, 2.45) is 5.92 Å². The van der Waals surface area contributed by atoms with E-state index in [4.69, 9.17) is 0 Å². The van der Waals surface area contributed by atoms with E-state index in [0.29, 0.717) is 24.1 Å². The van der Waals surface area contributed by atoms with E-state index < -0.39 is 6.10 Å². The predicted molar refractivity (Wildman–Crippen MR) is 139 cm³/mol. The minimum Gasteiger partial charge on any atom is -0.508 e. The summed E-state index contributed by atoms with van der Waals surface area (Å²) in [6.07, 6.45) is 8.23. The third kappa shape index (κ3) is 8.64. The Labute approximate surface area is 210 Å². The number of nitrogens with one attached hydrogen (secondary N) is 1. The van der Waals surface area contributed by atoms with E-state index in [0.717, 1.165) is 36.4 Å². The third-order valence-electron chi connectivity index (χ3n) is 7.23. The van der Waals surface area contributed by atoms with Gasteiger partial charge in [-0.15, -0.1) is 0 Å². The lowest BCUT2D eigenvalue weighted by atomic mass is 9.87. The van der Waals surface area contributed by atoms with E-state index in [1.165, 1.54) is 38.2 Å². The number of phenols is 1. The topological polar surface area (TPSA) is 93.0 Å². The molecule has 0 heterocycles. The van der Waals surface area contributed by atoms with Crippen LogP contribution in [0.5, 0.6) is 5.75 Å². The molecule has 1 saturated carbocycles. The first kappa shape index (κ1) is 27.2. The number of nitrogens with zero attached hydrogens (tertiary/aromatic N) is 1. The van der Waals surface area contributed by atoms with Gasteiger partial charge in [-0.05, 0) is 54.5 Å². The van der Waals surface area contributed by atoms with E-state index in [9.17, 15) is 20.1 Å². The van der Waals surface area contributed by atoms with Crippen LogP contribution >= 0.6 is 0 Å². The first-order chi connectivity index (χ1) is 16.9. The lowest BCUT2D eigenvalue weighted by Crippen LogP contribution is -2.32. The molecule has 1 aliphatic carbocycles. The molecule has 1 amide bonds. The van der Waals surface area contributed by atoms with E-state index in [-0.39, 0.29) is 24.3 Å². The summed E-state index contributed by atoms with van der Waals surface area (Å²) in [6, 6.07) is 13.1. The van der Waals surface area contributed by atoms with Crippen molar-refractivity contribution in [1.29, 1.82) is 0 Å². The average molecular weight is 483 g/mol. The maximum absolute atomic E-state index is 12.8. The van der Waals surface area contributed by atoms with Crippen molar-refractivity contribution < 1.29 is 20.1 Å². The first-order valence-corrected chi connectivity index (χ1v) is 13.0. The van der Waals surface area contributed by atoms with Crippen LogP contribution in [0.3, 0.4) is 0 Å². The Morgan fingerprint density at radius 3 is 2.60 bits per heavy atom. The second-order valence-electron chi connectivity index (χ2n) is 10.2. The van der Waals surface area contributed by atoms with Gasteiger partial charge in [0.05, 0.1) is 19.1 Å². The molecule has 0 saturated heterocycles. The minimum absolute atomic E-state index is 0.0264. The van der Waals surface area contributed by atoms with Gasteiger partial charge in [-0.1, -0.05) is 62.4 Å². The summed E-state index contributed by atoms with van der Waals surface area (Å²) >= 11 is 0. The molecule has 0 radical (unpaired) electrons. The van der Waals surface area contributed by atoms with Gasteiger partial charge in [-0.3, -0.25) is 4.79 Å². The molecule has 192 valence electrons. The monoisotopic (exact) mass is 482 g/mol. The molecular formula is C29H42N2O4. The normalized spacial score (nSPS) is 16.1. The number of likely N-dealkylation sites (N-methyl/N-ethyl adjacent to an activating group) is 1. The van der Waals surface area contributed by atoms with Crippen molar-refractivity contribution in [2.45, 2.75) is 77.0 Å². The number of aromatic hydroxyl groups is 1. The van der Waals surface area contributed by atoms with Crippen LogP contribution in [0, 0.1) is 5.92 Å². The molecule has 2 atom stereocenters. The van der Waals surface area contributed by atoms with Gasteiger partial charge in [0.2, 0.25) is 5.91 Å². The van der Waals surface area contributed by atoms with Crippen molar-refractivity contribution in [2.75, 3.05) is 20.1 Å². The van der Waals surface area contributed by atoms with Crippen LogP contribution in [-0.4, -0.2) is 52.3 Å². The Morgan fingerprint density at radius 1 is 1.11 bits per heavy atom. The number of carbonyl (C=O) groups excluding carboxylic acids is 1. The molecule has 3 rings (SSSR count). The molecule has 1 aliphatic rings. The largest absolute Gasteiger partial charge is 0.508 e. The molecule has 1 fully saturated rings. The highest BCUT2D eigenvalue weighted by Crippen LogP contribution is 2.26. The molecule has 0 unspecified atom stereocenters. The summed E-state index contributed by atoms with van der Waals surface area (Å²) in [6.45, 7) is 3.00. The molecule has 0 spiro atoms. The van der Waals surface area contributed by atoms with Crippen LogP contribution in [0.2, 0.25) is 0 Å². The van der Waals surface area contributed by atoms with Crippen LogP contribution in [0.15, 0.2) is 42.5 Å². The minimum atomic E-state index is -0.739. The average Bonchev–Trinajstić information content (AvgIpc) is 2.87. The summed E-state index contributed by atoms with van der Waals surface area (Å²) in [4.78, 5) is 14.6. The van der Waals surface area contributed by atoms with Crippen LogP contribution in [-0.2, 0) is 24.2 Å². The Hall–Kier alpha value is -2.41. The number of rotatable bonds is 12. The van der Waals surface area contributed by atoms with E-state index >= 15 is 0 Å². The number of carbonyl (C=O) groups is 1. The smallest absolute Gasteiger partial charge is 0.226 e. The van der Waals surface area contributed by atoms with Gasteiger partial charge < -0.3 is 25.5 Å². The van der Waals surface area contributed by atoms with Crippen LogP contribution in [0.4, 0.5) is 0 Å². The van der Waals surface area contributed by atoms with Gasteiger partial charge in [-0.25, -0.2) is 0 Å². The zero-order valence-corrected chi connectivity index (χ0v) is 21.2. The lowest BCUT2D eigenvalue weighted by molar-refractivity contribution is -0.129. The molecular weight excluding hydrogens is 440 g/mol. The number of hydrogen-bond donors (Lipinski definition) is 4. The first-order valence-electron chi connectivity index (χ1n) is 13.0. The van der Waals surface area contributed by atoms with Crippen molar-refractivity contribution >= 4 is 5.91 Å². The Bertz CT molecular complexity index is 942. The van der Waals surface area contributed by atoms with Crippen molar-refractivity contribution in [3.05, 3.63) is 64.7 Å². The van der Waals surface area contributed by atoms with E-state index in [1.807, 2.05) is 24.1 Å². The van der Waals surface area contributed by atoms with Crippen molar-refractivity contribution in [3.63, 3.8) is 0 Å². The van der Waals surface area contributed by atoms with Gasteiger partial charge in [0.1, 0.15) is 5.75 Å². The molecule has 0 aromatic heterocycles. The highest BCUT2D eigenvalue weighted by molar-refractivity contribution is 5.78. The number of amides is 1. The van der Waals surface area contributed by atoms with Crippen LogP contribution in [0.25, 0.3) is 0 Å². The van der Waals surface area contributed by atoms with Gasteiger partial charge in [-0.2, -0.15) is 0 Å². The molecule has 4 N–H and O–H groups in total. The van der Waals surface area contributed by atoms with Crippen molar-refractivity contribution in [1.82, 2.24) is 10.2 Å². The summed E-state index contributed by atoms with van der Waals surface area (Å²) < 4.78 is 0. The molecule has 2 aromatic rings. The van der Waals surface area contributed by atoms with Gasteiger partial charge in [0.15, 0.2) is 0 Å². The molecule has 2 aromatic carbocycles. The standard InChI is InChI=1S/C29H42N2O4/c1-21(30-19-28(34)25-11-12-27(33)26(18-25)20-32)15-23-9-6-10-24(16-23)17-29(35)31(2)14-13-22-7-4-3-5-8-22/h6,9-12,16,18,21-22,28,30,32-34H,3-5,7-8,13-15,17,19-20H2,1-2H3/t21-,28-/m1/s1. The molecule has 0 aliphatic heterocycles. The maximum Gasteiger partial charge on any atom is 0.226 e. The van der Waals surface area contributed by atoms with Gasteiger partial charge >= 0.3 is 0 Å². The van der Waals surface area contributed by atoms with Crippen LogP contribution in [0.1, 0.15) is 73.8 Å². The van der Waals surface area contributed by atoms with Crippen LogP contribution < -0.4 is 5.32 Å². The number of aliphatic hydroxyl groups is 2. The zero-order valence-electron chi connectivity index (χ0n) is 21.2. The summed E-state index contributed by atoms with van der Waals surface area (Å²) in [5.41, 5.74) is 3.24. The predicted octanol–water partition coefficient (Wildman–Crippen LogP) is 4.11. The summed E-state index contributed by atoms with van der Waals surface area (Å²) in [5.74, 6) is 0.975. The number of hydrogen-bond acceptors (Lipinski definition) is 5. The van der Waals surface area contributed by atoms with E-state index in [1.54, 1.807) is 12.1 Å². The van der Waals surface area contributed by atoms with Gasteiger partial charge in [0, 0.05) is 31.7 Å². The van der Waals surface area contributed by atoms with Gasteiger partial charge in [0.25, 0.3) is 0 Å². The third-order valence-corrected chi connectivity index (χ3v) is 7.23. The summed E-state index contributed by atoms with van der Waals surface area (Å²) in [7, 11) is 1.92. The fraction of sp³-hybridized carbons (Fsp3) is 0.552. The SMILES string of the molecule is C[C@H](Cc1cccc(CC(=O)N(C)CCC2CCCCC2)c1)NC[C@@H](O)c1ccc(O)c(CO)c1. The second kappa shape index (κ2) is 13.6. The number of benzene rings is 2. The lowest BCUT2D eigenvalue weighted by Gasteiger charge is -2.24. The van der Waals surface area contributed by atoms with E-state index in [2.05, 4.69) is 24.4 Å². The zero-order chi connectivity index (χ0) is 25.2. The molecule has 6 nitrogen and oxygen atoms in total. The van der Waals surface area contributed by atoms with Crippen molar-refractivity contribution in [3.8, 4) is 5.75 Å². The fourth-order valence-electron chi connectivity index (χ4n) is 4.95. The molecule has 0 bridgehead atoms. The Morgan fingerprint density at radius 2 is 1.86 bits per heavy atom. The Kier molecular flexibility index (Phi) is 10.6. The highest BCUT2D eigenvalue weighted by atomic mass is 16.3. The fourth-order valence-corrected chi connectivity index (χ4v) is 4.95. The molecule has 35 heavy (non-hydrogen) atoms. The Balaban J connectivity index is 1.45. The number of aliphatic hydroxyl groups excluding tert-OH is 2. The maximum atomic E-state index is 12.8. The highest BCUT2D eigenvalue weighted by Gasteiger charge is 2.17. The quantitative estimate of drug-likeness (QED) is 0.365. The second-order valence-corrected chi connectivity index (χ2v) is 10.2. The summed E-state index contributed by atoms with van der Waals surface area (Å²) in [5, 5.41) is 32.9. The molecule has 6 heteroatoms.